The molecule has 1 aromatic heterocycles. The molecule has 50 heavy (non-hydrogen) atoms. The zero-order valence-corrected chi connectivity index (χ0v) is 27.3. The fourth-order valence-corrected chi connectivity index (χ4v) is 8.44. The molecule has 3 aliphatic carbocycles. The Hall–Kier alpha value is -6.61. The van der Waals surface area contributed by atoms with Crippen LogP contribution in [0.5, 0.6) is 0 Å². The van der Waals surface area contributed by atoms with E-state index in [1.54, 1.807) is 0 Å². The van der Waals surface area contributed by atoms with Crippen LogP contribution in [-0.2, 0) is 6.42 Å². The number of rotatable bonds is 4. The van der Waals surface area contributed by atoms with Gasteiger partial charge >= 0.3 is 0 Å². The van der Waals surface area contributed by atoms with Crippen molar-refractivity contribution >= 4 is 33.8 Å². The quantitative estimate of drug-likeness (QED) is 0.196. The lowest BCUT2D eigenvalue weighted by Gasteiger charge is -2.30. The number of anilines is 1. The van der Waals surface area contributed by atoms with Crippen LogP contribution in [0.1, 0.15) is 52.8 Å². The van der Waals surface area contributed by atoms with Crippen LogP contribution >= 0.6 is 0 Å². The minimum Gasteiger partial charge on any atom is -0.313 e. The Morgan fingerprint density at radius 1 is 0.740 bits per heavy atom. The average molecular weight is 642 g/mol. The highest BCUT2D eigenvalue weighted by atomic mass is 15.2. The Morgan fingerprint density at radius 2 is 1.52 bits per heavy atom. The van der Waals surface area contributed by atoms with Gasteiger partial charge in [0.2, 0.25) is 0 Å². The molecule has 2 atom stereocenters. The van der Waals surface area contributed by atoms with Gasteiger partial charge in [-0.3, -0.25) is 0 Å². The van der Waals surface area contributed by atoms with E-state index in [9.17, 15) is 15.8 Å². The number of hydrogen-bond donors (Lipinski definition) is 0. The summed E-state index contributed by atoms with van der Waals surface area (Å²) in [6.45, 7) is 0. The zero-order chi connectivity index (χ0) is 33.8. The average Bonchev–Trinajstić information content (AvgIpc) is 3.70. The Bertz CT molecular complexity index is 2530. The van der Waals surface area contributed by atoms with Crippen LogP contribution in [0.25, 0.3) is 33.8 Å². The minimum absolute atomic E-state index is 0.138. The van der Waals surface area contributed by atoms with Crippen molar-refractivity contribution in [1.29, 1.82) is 15.8 Å². The van der Waals surface area contributed by atoms with Crippen LogP contribution in [0.2, 0.25) is 0 Å². The lowest BCUT2D eigenvalue weighted by atomic mass is 9.79. The maximum atomic E-state index is 9.99. The molecule has 5 nitrogen and oxygen atoms in total. The van der Waals surface area contributed by atoms with Crippen LogP contribution < -0.4 is 4.90 Å². The van der Waals surface area contributed by atoms with E-state index in [1.165, 1.54) is 50.2 Å². The fraction of sp³-hybridized carbons (Fsp3) is 0.133. The molecule has 0 radical (unpaired) electrons. The Balaban J connectivity index is 1.22. The smallest absolute Gasteiger partial charge is 0.101 e. The van der Waals surface area contributed by atoms with E-state index < -0.39 is 0 Å². The van der Waals surface area contributed by atoms with E-state index in [0.717, 1.165) is 48.3 Å². The first kappa shape index (κ1) is 29.5. The molecule has 2 unspecified atom stereocenters. The maximum Gasteiger partial charge on any atom is 0.101 e. The van der Waals surface area contributed by atoms with Crippen molar-refractivity contribution < 1.29 is 0 Å². The van der Waals surface area contributed by atoms with Crippen LogP contribution in [0.15, 0.2) is 138 Å². The van der Waals surface area contributed by atoms with E-state index in [2.05, 4.69) is 101 Å². The fourth-order valence-electron chi connectivity index (χ4n) is 8.44. The molecule has 0 saturated carbocycles. The summed E-state index contributed by atoms with van der Waals surface area (Å²) in [7, 11) is 0. The molecule has 4 aromatic carbocycles. The highest BCUT2D eigenvalue weighted by molar-refractivity contribution is 6.01. The standard InChI is InChI=1S/C45H31N5/c46-26-29-16-20-33(21-17-29)49-43-22-18-30(27-47)24-39(43)38-13-7-12-37(45(38)49)35-10-3-2-9-34(35)31-19-23-44-40(25-31)36-11-4-6-15-42(36)50(44)41-14-5-1-8-32(41)28-48/h1-12,14-18,20-22,25,30,38H,13,19,23-24H2. The lowest BCUT2D eigenvalue weighted by Crippen LogP contribution is -2.21. The molecule has 236 valence electrons. The van der Waals surface area contributed by atoms with Gasteiger partial charge in [0.05, 0.1) is 40.4 Å². The summed E-state index contributed by atoms with van der Waals surface area (Å²) in [6, 6.07) is 40.1. The molecular weight excluding hydrogens is 611 g/mol. The molecule has 0 amide bonds. The van der Waals surface area contributed by atoms with Gasteiger partial charge in [0, 0.05) is 45.2 Å². The number of benzene rings is 4. The molecule has 4 aliphatic rings. The highest BCUT2D eigenvalue weighted by Crippen LogP contribution is 2.52. The highest BCUT2D eigenvalue weighted by Gasteiger charge is 2.41. The Kier molecular flexibility index (Phi) is 6.98. The lowest BCUT2D eigenvalue weighted by molar-refractivity contribution is 0.661. The molecule has 9 rings (SSSR count). The van der Waals surface area contributed by atoms with Crippen molar-refractivity contribution in [2.75, 3.05) is 4.90 Å². The second-order valence-electron chi connectivity index (χ2n) is 13.3. The third kappa shape index (κ3) is 4.51. The number of nitrogens with zero attached hydrogens (tertiary/aromatic N) is 5. The van der Waals surface area contributed by atoms with Gasteiger partial charge in [-0.05, 0) is 103 Å². The van der Waals surface area contributed by atoms with Gasteiger partial charge in [-0.15, -0.1) is 0 Å². The van der Waals surface area contributed by atoms with E-state index in [0.29, 0.717) is 11.1 Å². The third-order valence-corrected chi connectivity index (χ3v) is 10.6. The second-order valence-corrected chi connectivity index (χ2v) is 13.3. The number of aromatic nitrogens is 1. The molecule has 0 N–H and O–H groups in total. The SMILES string of the molecule is N#Cc1ccc(N2C3=C(CC(C#N)C=C3)C3CC=CC(c4ccccc4C4=Cc5c(n(-c6ccccc6C#N)c6ccccc56)CC4)=C32)cc1. The van der Waals surface area contributed by atoms with Crippen molar-refractivity contribution in [3.63, 3.8) is 0 Å². The predicted molar refractivity (Wildman–Crippen MR) is 198 cm³/mol. The van der Waals surface area contributed by atoms with E-state index in [4.69, 9.17) is 0 Å². The molecule has 0 spiro atoms. The normalized spacial score (nSPS) is 19.0. The summed E-state index contributed by atoms with van der Waals surface area (Å²) < 4.78 is 2.29. The number of hydrogen-bond acceptors (Lipinski definition) is 4. The Morgan fingerprint density at radius 3 is 2.34 bits per heavy atom. The largest absolute Gasteiger partial charge is 0.313 e. The molecule has 0 saturated heterocycles. The van der Waals surface area contributed by atoms with Crippen LogP contribution in [-0.4, -0.2) is 4.57 Å². The zero-order valence-electron chi connectivity index (χ0n) is 27.3. The minimum atomic E-state index is -0.138. The number of para-hydroxylation sites is 2. The van der Waals surface area contributed by atoms with Crippen LogP contribution in [0.3, 0.4) is 0 Å². The van der Waals surface area contributed by atoms with Crippen molar-refractivity contribution in [2.45, 2.75) is 25.7 Å². The third-order valence-electron chi connectivity index (χ3n) is 10.6. The van der Waals surface area contributed by atoms with E-state index >= 15 is 0 Å². The van der Waals surface area contributed by atoms with Crippen molar-refractivity contribution in [3.05, 3.63) is 172 Å². The van der Waals surface area contributed by atoms with E-state index in [-0.39, 0.29) is 11.8 Å². The first-order valence-electron chi connectivity index (χ1n) is 17.1. The van der Waals surface area contributed by atoms with Crippen LogP contribution in [0, 0.1) is 45.8 Å². The van der Waals surface area contributed by atoms with Gasteiger partial charge in [-0.25, -0.2) is 0 Å². The topological polar surface area (TPSA) is 79.5 Å². The van der Waals surface area contributed by atoms with Gasteiger partial charge in [0.15, 0.2) is 0 Å². The molecule has 2 heterocycles. The monoisotopic (exact) mass is 641 g/mol. The van der Waals surface area contributed by atoms with Gasteiger partial charge in [-0.2, -0.15) is 15.8 Å². The molecule has 0 bridgehead atoms. The van der Waals surface area contributed by atoms with E-state index in [1.807, 2.05) is 54.6 Å². The van der Waals surface area contributed by atoms with Crippen molar-refractivity contribution in [2.24, 2.45) is 11.8 Å². The number of allylic oxidation sites excluding steroid dienone is 7. The van der Waals surface area contributed by atoms with Crippen molar-refractivity contribution in [3.8, 4) is 23.9 Å². The summed E-state index contributed by atoms with van der Waals surface area (Å²) in [5, 5.41) is 30.6. The summed E-state index contributed by atoms with van der Waals surface area (Å²) >= 11 is 0. The summed E-state index contributed by atoms with van der Waals surface area (Å²) in [5.41, 5.74) is 15.4. The summed E-state index contributed by atoms with van der Waals surface area (Å²) in [6.07, 6.45) is 14.4. The van der Waals surface area contributed by atoms with Gasteiger partial charge in [0.1, 0.15) is 6.07 Å². The predicted octanol–water partition coefficient (Wildman–Crippen LogP) is 10.0. The first-order chi connectivity index (χ1) is 24.7. The second kappa shape index (κ2) is 11.8. The van der Waals surface area contributed by atoms with Gasteiger partial charge < -0.3 is 9.47 Å². The first-order valence-corrected chi connectivity index (χ1v) is 17.1. The van der Waals surface area contributed by atoms with Crippen molar-refractivity contribution in [1.82, 2.24) is 4.57 Å². The number of fused-ring (bicyclic) bond motifs is 5. The molecule has 0 fully saturated rings. The molecule has 5 aromatic rings. The number of nitriles is 3. The van der Waals surface area contributed by atoms with Gasteiger partial charge in [-0.1, -0.05) is 72.8 Å². The van der Waals surface area contributed by atoms with Crippen LogP contribution in [0.4, 0.5) is 5.69 Å². The summed E-state index contributed by atoms with van der Waals surface area (Å²) in [4.78, 5) is 2.37. The Labute approximate surface area is 291 Å². The maximum absolute atomic E-state index is 9.99. The summed E-state index contributed by atoms with van der Waals surface area (Å²) in [5.74, 6) is 0.0287. The molecular formula is C45H31N5. The molecule has 1 aliphatic heterocycles. The van der Waals surface area contributed by atoms with Gasteiger partial charge in [0.25, 0.3) is 0 Å². The molecule has 5 heteroatoms.